The molecule has 2 aromatic heterocycles. The molecule has 0 spiro atoms. The molecule has 5 nitrogen and oxygen atoms in total. The van der Waals surface area contributed by atoms with Crippen molar-refractivity contribution in [2.75, 3.05) is 26.2 Å². The van der Waals surface area contributed by atoms with Gasteiger partial charge in [-0.2, -0.15) is 0 Å². The van der Waals surface area contributed by atoms with Crippen LogP contribution in [-0.4, -0.2) is 26.2 Å². The zero-order valence-corrected chi connectivity index (χ0v) is 26.6. The van der Waals surface area contributed by atoms with Crippen LogP contribution in [-0.2, 0) is 4.74 Å². The Morgan fingerprint density at radius 3 is 1.38 bits per heavy atom. The van der Waals surface area contributed by atoms with Crippen molar-refractivity contribution in [2.45, 2.75) is 13.0 Å². The number of hydrogen-bond acceptors (Lipinski definition) is 5. The first kappa shape index (κ1) is 29.6. The summed E-state index contributed by atoms with van der Waals surface area (Å²) >= 11 is 2.15. The summed E-state index contributed by atoms with van der Waals surface area (Å²) in [5.41, 5.74) is 13.6. The van der Waals surface area contributed by atoms with E-state index in [1.807, 2.05) is 17.1 Å². The minimum atomic E-state index is 0.0743. The van der Waals surface area contributed by atoms with Crippen LogP contribution in [0.3, 0.4) is 0 Å². The SMILES string of the molecule is CI.CN.COc1ccc(-c2ccc3c(c2)oc2cc4c(cc23)oc2cc(-c3ccc(C(C)OC)cc3)ccc24)cc1. The van der Waals surface area contributed by atoms with Gasteiger partial charge in [0, 0.05) is 28.7 Å². The molecule has 0 aliphatic rings. The smallest absolute Gasteiger partial charge is 0.136 e. The number of furan rings is 2. The molecule has 5 aromatic carbocycles. The molecule has 6 heteroatoms. The lowest BCUT2D eigenvalue weighted by atomic mass is 10.0. The maximum absolute atomic E-state index is 6.36. The quantitative estimate of drug-likeness (QED) is 0.146. The second-order valence-corrected chi connectivity index (χ2v) is 9.70. The lowest BCUT2D eigenvalue weighted by Gasteiger charge is -2.10. The lowest BCUT2D eigenvalue weighted by molar-refractivity contribution is 0.119. The zero-order valence-electron chi connectivity index (χ0n) is 24.4. The van der Waals surface area contributed by atoms with Crippen molar-refractivity contribution in [3.63, 3.8) is 0 Å². The Balaban J connectivity index is 0.000000847. The number of ether oxygens (including phenoxy) is 2. The van der Waals surface area contributed by atoms with E-state index in [0.29, 0.717) is 0 Å². The molecule has 214 valence electrons. The van der Waals surface area contributed by atoms with Crippen molar-refractivity contribution in [1.82, 2.24) is 0 Å². The number of benzene rings is 5. The maximum Gasteiger partial charge on any atom is 0.136 e. The Labute approximate surface area is 259 Å². The van der Waals surface area contributed by atoms with Crippen molar-refractivity contribution >= 4 is 66.5 Å². The van der Waals surface area contributed by atoms with Crippen LogP contribution in [0.4, 0.5) is 0 Å². The number of alkyl halides is 1. The number of nitrogens with two attached hydrogens (primary N) is 1. The van der Waals surface area contributed by atoms with Crippen molar-refractivity contribution < 1.29 is 18.3 Å². The fourth-order valence-electron chi connectivity index (χ4n) is 5.27. The van der Waals surface area contributed by atoms with Crippen LogP contribution in [0.25, 0.3) is 66.1 Å². The summed E-state index contributed by atoms with van der Waals surface area (Å²) in [6, 6.07) is 33.5. The van der Waals surface area contributed by atoms with Crippen LogP contribution in [0.5, 0.6) is 5.75 Å². The van der Waals surface area contributed by atoms with Gasteiger partial charge >= 0.3 is 0 Å². The topological polar surface area (TPSA) is 70.8 Å². The summed E-state index contributed by atoms with van der Waals surface area (Å²) in [4.78, 5) is 1.97. The fourth-order valence-corrected chi connectivity index (χ4v) is 5.27. The molecule has 0 fully saturated rings. The van der Waals surface area contributed by atoms with E-state index >= 15 is 0 Å². The molecule has 1 unspecified atom stereocenters. The van der Waals surface area contributed by atoms with E-state index in [-0.39, 0.29) is 6.10 Å². The molecule has 0 radical (unpaired) electrons. The Morgan fingerprint density at radius 1 is 0.548 bits per heavy atom. The molecule has 0 bridgehead atoms. The molecule has 0 saturated heterocycles. The highest BCUT2D eigenvalue weighted by Crippen LogP contribution is 2.39. The molecule has 7 aromatic rings. The summed E-state index contributed by atoms with van der Waals surface area (Å²) in [6.45, 7) is 2.05. The molecule has 0 aliphatic heterocycles. The number of fused-ring (bicyclic) bond motifs is 6. The summed E-state index contributed by atoms with van der Waals surface area (Å²) in [5.74, 6) is 0.843. The van der Waals surface area contributed by atoms with Crippen LogP contribution in [0.1, 0.15) is 18.6 Å². The number of halogens is 1. The van der Waals surface area contributed by atoms with E-state index in [4.69, 9.17) is 18.3 Å². The van der Waals surface area contributed by atoms with E-state index in [0.717, 1.165) is 77.4 Å². The van der Waals surface area contributed by atoms with Gasteiger partial charge in [-0.25, -0.2) is 0 Å². The standard InChI is InChI=1S/C34H26O4.CH3I.CH5N/c1-20(35-2)21-4-6-22(7-5-21)24-10-14-27-29-18-34-30(19-33(29)37-31(27)16-24)28-15-11-25(17-32(28)38-34)23-8-12-26(36-3)13-9-23;2*1-2/h4-20H,1-3H3;1H3;2H2,1H3. The molecule has 1 atom stereocenters. The van der Waals surface area contributed by atoms with E-state index < -0.39 is 0 Å². The molecular formula is C36H34INO4. The maximum atomic E-state index is 6.36. The first-order chi connectivity index (χ1) is 20.6. The summed E-state index contributed by atoms with van der Waals surface area (Å²) in [5, 5.41) is 4.26. The third kappa shape index (κ3) is 5.50. The van der Waals surface area contributed by atoms with Gasteiger partial charge in [0.15, 0.2) is 0 Å². The molecule has 2 N–H and O–H groups in total. The molecular weight excluding hydrogens is 637 g/mol. The van der Waals surface area contributed by atoms with Gasteiger partial charge in [0.1, 0.15) is 28.1 Å². The third-order valence-corrected chi connectivity index (χ3v) is 7.56. The van der Waals surface area contributed by atoms with Crippen LogP contribution >= 0.6 is 22.6 Å². The summed E-state index contributed by atoms with van der Waals surface area (Å²) in [7, 11) is 4.91. The largest absolute Gasteiger partial charge is 0.497 e. The van der Waals surface area contributed by atoms with Gasteiger partial charge in [-0.1, -0.05) is 71.1 Å². The first-order valence-corrected chi connectivity index (χ1v) is 15.8. The Kier molecular flexibility index (Phi) is 9.16. The normalized spacial score (nSPS) is 11.7. The highest BCUT2D eigenvalue weighted by molar-refractivity contribution is 14.1. The van der Waals surface area contributed by atoms with Crippen LogP contribution in [0.2, 0.25) is 0 Å². The minimum absolute atomic E-state index is 0.0743. The van der Waals surface area contributed by atoms with E-state index in [2.05, 4.69) is 120 Å². The van der Waals surface area contributed by atoms with E-state index in [1.54, 1.807) is 14.2 Å². The van der Waals surface area contributed by atoms with Gasteiger partial charge in [0.2, 0.25) is 0 Å². The number of rotatable bonds is 5. The zero-order chi connectivity index (χ0) is 29.8. The van der Waals surface area contributed by atoms with E-state index in [9.17, 15) is 0 Å². The van der Waals surface area contributed by atoms with Gasteiger partial charge in [-0.05, 0) is 95.3 Å². The molecule has 2 heterocycles. The minimum Gasteiger partial charge on any atom is -0.497 e. The molecule has 42 heavy (non-hydrogen) atoms. The fraction of sp³-hybridized carbons (Fsp3) is 0.167. The predicted molar refractivity (Wildman–Crippen MR) is 184 cm³/mol. The van der Waals surface area contributed by atoms with Crippen LogP contribution in [0, 0.1) is 0 Å². The van der Waals surface area contributed by atoms with E-state index in [1.165, 1.54) is 7.05 Å². The van der Waals surface area contributed by atoms with Crippen molar-refractivity contribution in [2.24, 2.45) is 5.73 Å². The third-order valence-electron chi connectivity index (χ3n) is 7.56. The van der Waals surface area contributed by atoms with Gasteiger partial charge in [0.05, 0.1) is 13.2 Å². The average Bonchev–Trinajstić information content (AvgIpc) is 3.61. The van der Waals surface area contributed by atoms with Crippen molar-refractivity contribution in [3.8, 4) is 28.0 Å². The van der Waals surface area contributed by atoms with Crippen molar-refractivity contribution in [1.29, 1.82) is 0 Å². The summed E-state index contributed by atoms with van der Waals surface area (Å²) < 4.78 is 23.4. The lowest BCUT2D eigenvalue weighted by Crippen LogP contribution is -1.94. The average molecular weight is 672 g/mol. The summed E-state index contributed by atoms with van der Waals surface area (Å²) in [6.07, 6.45) is 0.0743. The van der Waals surface area contributed by atoms with Crippen LogP contribution < -0.4 is 10.5 Å². The van der Waals surface area contributed by atoms with Crippen LogP contribution in [0.15, 0.2) is 106 Å². The highest BCUT2D eigenvalue weighted by atomic mass is 127. The Hall–Kier alpha value is -3.85. The van der Waals surface area contributed by atoms with Gasteiger partial charge in [0.25, 0.3) is 0 Å². The number of methoxy groups -OCH3 is 2. The second kappa shape index (κ2) is 13.0. The van der Waals surface area contributed by atoms with Gasteiger partial charge in [-0.15, -0.1) is 0 Å². The molecule has 7 rings (SSSR count). The molecule has 0 saturated carbocycles. The Bertz CT molecular complexity index is 1950. The number of hydrogen-bond donors (Lipinski definition) is 1. The Morgan fingerprint density at radius 2 is 0.952 bits per heavy atom. The van der Waals surface area contributed by atoms with Gasteiger partial charge in [-0.3, -0.25) is 0 Å². The predicted octanol–water partition coefficient (Wildman–Crippen LogP) is 10.2. The van der Waals surface area contributed by atoms with Gasteiger partial charge < -0.3 is 24.0 Å². The first-order valence-electron chi connectivity index (χ1n) is 13.7. The monoisotopic (exact) mass is 671 g/mol. The molecule has 0 aliphatic carbocycles. The molecule has 0 amide bonds. The van der Waals surface area contributed by atoms with Crippen molar-refractivity contribution in [3.05, 3.63) is 103 Å². The highest BCUT2D eigenvalue weighted by Gasteiger charge is 2.15. The second-order valence-electron chi connectivity index (χ2n) is 9.70.